The molecule has 0 saturated carbocycles. The van der Waals surface area contributed by atoms with Gasteiger partial charge in [0.15, 0.2) is 5.76 Å². The number of carbonyl (C=O) groups excluding carboxylic acids is 1. The molecule has 0 fully saturated rings. The minimum atomic E-state index is -4.77. The summed E-state index contributed by atoms with van der Waals surface area (Å²) < 4.78 is 52.8. The molecule has 1 aromatic carbocycles. The first kappa shape index (κ1) is 14.0. The smallest absolute Gasteiger partial charge is 0.422 e. The van der Waals surface area contributed by atoms with Crippen LogP contribution >= 0.6 is 0 Å². The molecule has 98 valence electrons. The second-order valence-corrected chi connectivity index (χ2v) is 3.25. The summed E-state index contributed by atoms with van der Waals surface area (Å²) >= 11 is 0. The van der Waals surface area contributed by atoms with Gasteiger partial charge in [0.1, 0.15) is 0 Å². The van der Waals surface area contributed by atoms with Crippen LogP contribution in [0.1, 0.15) is 5.56 Å². The van der Waals surface area contributed by atoms with Gasteiger partial charge in [-0.3, -0.25) is 4.79 Å². The third kappa shape index (κ3) is 3.76. The molecule has 0 aromatic heterocycles. The molecule has 0 aliphatic carbocycles. The van der Waals surface area contributed by atoms with Crippen molar-refractivity contribution in [2.24, 2.45) is 5.73 Å². The molecule has 3 nitrogen and oxygen atoms in total. The van der Waals surface area contributed by atoms with Gasteiger partial charge >= 0.3 is 12.5 Å². The molecule has 0 unspecified atom stereocenters. The first-order valence-electron chi connectivity index (χ1n) is 4.74. The van der Waals surface area contributed by atoms with Gasteiger partial charge in [-0.2, -0.15) is 17.6 Å². The molecule has 0 saturated heterocycles. The van der Waals surface area contributed by atoms with E-state index < -0.39 is 24.2 Å². The van der Waals surface area contributed by atoms with E-state index in [0.29, 0.717) is 5.56 Å². The second kappa shape index (κ2) is 5.52. The van der Waals surface area contributed by atoms with Crippen molar-refractivity contribution in [3.05, 3.63) is 41.7 Å². The van der Waals surface area contributed by atoms with Crippen LogP contribution in [0.5, 0.6) is 0 Å². The van der Waals surface area contributed by atoms with Crippen LogP contribution in [0.15, 0.2) is 36.1 Å². The van der Waals surface area contributed by atoms with Gasteiger partial charge < -0.3 is 10.5 Å². The predicted molar refractivity (Wildman–Crippen MR) is 55.6 cm³/mol. The summed E-state index contributed by atoms with van der Waals surface area (Å²) in [6.07, 6.45) is -7.97. The van der Waals surface area contributed by atoms with E-state index in [-0.39, 0.29) is 0 Å². The number of nitrogens with two attached hydrogens (primary N) is 1. The van der Waals surface area contributed by atoms with Crippen molar-refractivity contribution in [2.45, 2.75) is 12.5 Å². The first-order valence-corrected chi connectivity index (χ1v) is 4.74. The summed E-state index contributed by atoms with van der Waals surface area (Å²) in [5.74, 6) is -2.40. The third-order valence-electron chi connectivity index (χ3n) is 1.84. The number of alkyl halides is 4. The molecule has 18 heavy (non-hydrogen) atoms. The Hall–Kier alpha value is -2.05. The van der Waals surface area contributed by atoms with E-state index in [1.807, 2.05) is 0 Å². The van der Waals surface area contributed by atoms with Crippen LogP contribution in [0.2, 0.25) is 0 Å². The number of carbonyl (C=O) groups is 1. The molecular weight excluding hydrogens is 254 g/mol. The van der Waals surface area contributed by atoms with E-state index in [4.69, 9.17) is 5.73 Å². The van der Waals surface area contributed by atoms with E-state index in [0.717, 1.165) is 6.08 Å². The fourth-order valence-corrected chi connectivity index (χ4v) is 1.04. The van der Waals surface area contributed by atoms with Crippen molar-refractivity contribution in [3.8, 4) is 0 Å². The van der Waals surface area contributed by atoms with Crippen LogP contribution in [0.4, 0.5) is 17.6 Å². The lowest BCUT2D eigenvalue weighted by Crippen LogP contribution is -2.33. The Morgan fingerprint density at radius 1 is 1.28 bits per heavy atom. The van der Waals surface area contributed by atoms with E-state index in [2.05, 4.69) is 4.74 Å². The third-order valence-corrected chi connectivity index (χ3v) is 1.84. The Balaban J connectivity index is 2.98. The molecule has 1 aromatic rings. The first-order chi connectivity index (χ1) is 8.33. The highest BCUT2D eigenvalue weighted by molar-refractivity contribution is 5.94. The molecule has 0 atom stereocenters. The van der Waals surface area contributed by atoms with Crippen molar-refractivity contribution in [1.82, 2.24) is 0 Å². The molecule has 1 amide bonds. The number of amides is 1. The van der Waals surface area contributed by atoms with Crippen molar-refractivity contribution in [2.75, 3.05) is 0 Å². The number of benzene rings is 1. The maximum absolute atomic E-state index is 12.6. The van der Waals surface area contributed by atoms with E-state index in [9.17, 15) is 22.4 Å². The van der Waals surface area contributed by atoms with Crippen molar-refractivity contribution < 1.29 is 27.1 Å². The molecule has 0 bridgehead atoms. The van der Waals surface area contributed by atoms with Gasteiger partial charge in [0.25, 0.3) is 5.91 Å². The van der Waals surface area contributed by atoms with Crippen molar-refractivity contribution in [3.63, 3.8) is 0 Å². The minimum absolute atomic E-state index is 0.316. The Morgan fingerprint density at radius 3 is 2.28 bits per heavy atom. The molecular formula is C11H9F4NO2. The average molecular weight is 263 g/mol. The Kier molecular flexibility index (Phi) is 4.30. The molecule has 1 rings (SSSR count). The Bertz CT molecular complexity index is 446. The molecule has 0 aliphatic rings. The SMILES string of the molecule is NC(=O)C(=Cc1ccccc1)OC(F)(F)C(F)F. The largest absolute Gasteiger partial charge is 0.461 e. The molecule has 7 heteroatoms. The second-order valence-electron chi connectivity index (χ2n) is 3.25. The standard InChI is InChI=1S/C11H9F4NO2/c12-10(13)11(14,15)18-8(9(16)17)6-7-4-2-1-3-5-7/h1-6,10H,(H2,16,17). The van der Waals surface area contributed by atoms with Crippen molar-refractivity contribution >= 4 is 12.0 Å². The highest BCUT2D eigenvalue weighted by Crippen LogP contribution is 2.27. The number of ether oxygens (including phenoxy) is 1. The van der Waals surface area contributed by atoms with Gasteiger partial charge in [0, 0.05) is 0 Å². The fourth-order valence-electron chi connectivity index (χ4n) is 1.04. The van der Waals surface area contributed by atoms with Crippen LogP contribution in [-0.4, -0.2) is 18.4 Å². The van der Waals surface area contributed by atoms with Crippen LogP contribution in [0, 0.1) is 0 Å². The number of rotatable bonds is 5. The average Bonchev–Trinajstić information content (AvgIpc) is 2.29. The van der Waals surface area contributed by atoms with Gasteiger partial charge in [-0.05, 0) is 11.6 Å². The van der Waals surface area contributed by atoms with Crippen LogP contribution in [0.3, 0.4) is 0 Å². The van der Waals surface area contributed by atoms with Crippen LogP contribution < -0.4 is 5.73 Å². The van der Waals surface area contributed by atoms with Crippen LogP contribution in [-0.2, 0) is 9.53 Å². The lowest BCUT2D eigenvalue weighted by Gasteiger charge is -2.17. The maximum atomic E-state index is 12.6. The van der Waals surface area contributed by atoms with Gasteiger partial charge in [0.05, 0.1) is 0 Å². The highest BCUT2D eigenvalue weighted by atomic mass is 19.3. The lowest BCUT2D eigenvalue weighted by molar-refractivity contribution is -0.280. The zero-order chi connectivity index (χ0) is 13.8. The lowest BCUT2D eigenvalue weighted by atomic mass is 10.2. The zero-order valence-electron chi connectivity index (χ0n) is 8.95. The summed E-state index contributed by atoms with van der Waals surface area (Å²) in [6.45, 7) is 0. The maximum Gasteiger partial charge on any atom is 0.461 e. The molecule has 0 heterocycles. The summed E-state index contributed by atoms with van der Waals surface area (Å²) in [5.41, 5.74) is 5.10. The monoisotopic (exact) mass is 263 g/mol. The zero-order valence-corrected chi connectivity index (χ0v) is 8.95. The van der Waals surface area contributed by atoms with Gasteiger partial charge in [-0.15, -0.1) is 0 Å². The van der Waals surface area contributed by atoms with Gasteiger partial charge in [-0.25, -0.2) is 0 Å². The molecule has 0 spiro atoms. The molecule has 0 radical (unpaired) electrons. The summed E-state index contributed by atoms with van der Waals surface area (Å²) in [4.78, 5) is 10.9. The number of halogens is 4. The van der Waals surface area contributed by atoms with E-state index in [1.54, 1.807) is 18.2 Å². The predicted octanol–water partition coefficient (Wildman–Crippen LogP) is 2.39. The highest BCUT2D eigenvalue weighted by Gasteiger charge is 2.45. The summed E-state index contributed by atoms with van der Waals surface area (Å²) in [7, 11) is 0. The number of primary amides is 1. The minimum Gasteiger partial charge on any atom is -0.422 e. The van der Waals surface area contributed by atoms with E-state index >= 15 is 0 Å². The van der Waals surface area contributed by atoms with Gasteiger partial charge in [-0.1, -0.05) is 30.3 Å². The van der Waals surface area contributed by atoms with Crippen molar-refractivity contribution in [1.29, 1.82) is 0 Å². The number of hydrogen-bond donors (Lipinski definition) is 1. The normalized spacial score (nSPS) is 12.6. The summed E-state index contributed by atoms with van der Waals surface area (Å²) in [5, 5.41) is 0. The Morgan fingerprint density at radius 2 is 1.83 bits per heavy atom. The fraction of sp³-hybridized carbons (Fsp3) is 0.182. The van der Waals surface area contributed by atoms with Crippen LogP contribution in [0.25, 0.3) is 6.08 Å². The number of hydrogen-bond acceptors (Lipinski definition) is 2. The molecule has 0 aliphatic heterocycles. The molecule has 2 N–H and O–H groups in total. The summed E-state index contributed by atoms with van der Waals surface area (Å²) in [6, 6.07) is 7.71. The topological polar surface area (TPSA) is 52.3 Å². The van der Waals surface area contributed by atoms with E-state index in [1.165, 1.54) is 12.1 Å². The van der Waals surface area contributed by atoms with Gasteiger partial charge in [0.2, 0.25) is 0 Å². The quantitative estimate of drug-likeness (QED) is 0.503. The Labute approximate surface area is 99.8 Å².